The highest BCUT2D eigenvalue weighted by Crippen LogP contribution is 2.23. The zero-order valence-electron chi connectivity index (χ0n) is 11.0. The van der Waals surface area contributed by atoms with Crippen LogP contribution in [0.2, 0.25) is 5.02 Å². The Bertz CT molecular complexity index is 573. The van der Waals surface area contributed by atoms with E-state index < -0.39 is 0 Å². The lowest BCUT2D eigenvalue weighted by molar-refractivity contribution is 0.531. The molecule has 0 saturated carbocycles. The zero-order valence-corrected chi connectivity index (χ0v) is 11.8. The first kappa shape index (κ1) is 14.9. The minimum atomic E-state index is -0.371. The number of pyridine rings is 1. The maximum Gasteiger partial charge on any atom is 0.141 e. The summed E-state index contributed by atoms with van der Waals surface area (Å²) in [5, 5.41) is 3.66. The van der Waals surface area contributed by atoms with Crippen molar-refractivity contribution in [3.8, 4) is 0 Å². The van der Waals surface area contributed by atoms with Crippen molar-refractivity contribution in [1.82, 2.24) is 10.3 Å². The normalized spacial score (nSPS) is 12.4. The Labute approximate surface area is 121 Å². The lowest BCUT2D eigenvalue weighted by atomic mass is 10.0. The van der Waals surface area contributed by atoms with Crippen molar-refractivity contribution in [3.63, 3.8) is 0 Å². The van der Waals surface area contributed by atoms with Crippen LogP contribution in [0.4, 0.5) is 8.78 Å². The number of hydrogen-bond donors (Lipinski definition) is 1. The van der Waals surface area contributed by atoms with Crippen LogP contribution in [-0.4, -0.2) is 11.5 Å². The molecule has 1 N–H and O–H groups in total. The molecule has 1 aromatic carbocycles. The molecule has 0 aliphatic carbocycles. The number of nitrogens with one attached hydrogen (secondary N) is 1. The Morgan fingerprint density at radius 2 is 1.95 bits per heavy atom. The Morgan fingerprint density at radius 1 is 1.20 bits per heavy atom. The van der Waals surface area contributed by atoms with Gasteiger partial charge in [0.15, 0.2) is 0 Å². The molecule has 2 rings (SSSR count). The van der Waals surface area contributed by atoms with Gasteiger partial charge in [0, 0.05) is 5.02 Å². The minimum Gasteiger partial charge on any atom is -0.309 e. The van der Waals surface area contributed by atoms with E-state index in [0.29, 0.717) is 11.4 Å². The van der Waals surface area contributed by atoms with Gasteiger partial charge >= 0.3 is 0 Å². The van der Waals surface area contributed by atoms with E-state index in [1.807, 2.05) is 6.92 Å². The van der Waals surface area contributed by atoms with Crippen LogP contribution >= 0.6 is 11.6 Å². The first-order chi connectivity index (χ1) is 9.60. The Balaban J connectivity index is 2.22. The first-order valence-electron chi connectivity index (χ1n) is 6.39. The number of benzene rings is 1. The second kappa shape index (κ2) is 6.77. The molecule has 2 nitrogen and oxygen atoms in total. The molecule has 0 fully saturated rings. The third-order valence-electron chi connectivity index (χ3n) is 3.00. The van der Waals surface area contributed by atoms with Gasteiger partial charge in [-0.05, 0) is 42.8 Å². The summed E-state index contributed by atoms with van der Waals surface area (Å²) in [6.45, 7) is 2.71. The molecule has 0 spiro atoms. The Kier molecular flexibility index (Phi) is 5.04. The van der Waals surface area contributed by atoms with Gasteiger partial charge < -0.3 is 5.32 Å². The van der Waals surface area contributed by atoms with Gasteiger partial charge in [0.05, 0.1) is 17.9 Å². The van der Waals surface area contributed by atoms with Gasteiger partial charge in [0.25, 0.3) is 0 Å². The van der Waals surface area contributed by atoms with E-state index in [2.05, 4.69) is 10.3 Å². The third kappa shape index (κ3) is 3.74. The van der Waals surface area contributed by atoms with E-state index in [0.717, 1.165) is 17.8 Å². The van der Waals surface area contributed by atoms with Gasteiger partial charge in [-0.1, -0.05) is 24.6 Å². The van der Waals surface area contributed by atoms with Gasteiger partial charge in [-0.3, -0.25) is 4.98 Å². The lowest BCUT2D eigenvalue weighted by Crippen LogP contribution is -2.24. The first-order valence-corrected chi connectivity index (χ1v) is 6.76. The topological polar surface area (TPSA) is 24.9 Å². The van der Waals surface area contributed by atoms with Crippen LogP contribution in [0.25, 0.3) is 0 Å². The van der Waals surface area contributed by atoms with Crippen LogP contribution < -0.4 is 5.32 Å². The molecule has 0 aliphatic heterocycles. The average Bonchev–Trinajstić information content (AvgIpc) is 2.42. The molecule has 20 heavy (non-hydrogen) atoms. The third-order valence-corrected chi connectivity index (χ3v) is 3.35. The smallest absolute Gasteiger partial charge is 0.141 e. The van der Waals surface area contributed by atoms with E-state index in [1.54, 1.807) is 12.1 Å². The van der Waals surface area contributed by atoms with E-state index in [1.165, 1.54) is 24.4 Å². The molecule has 0 aliphatic rings. The predicted octanol–water partition coefficient (Wildman–Crippen LogP) is 3.91. The van der Waals surface area contributed by atoms with Gasteiger partial charge in [-0.2, -0.15) is 0 Å². The van der Waals surface area contributed by atoms with Crippen LogP contribution in [0.5, 0.6) is 0 Å². The summed E-state index contributed by atoms with van der Waals surface area (Å²) in [7, 11) is 0. The number of rotatable bonds is 5. The van der Waals surface area contributed by atoms with Crippen molar-refractivity contribution in [1.29, 1.82) is 0 Å². The highest BCUT2D eigenvalue weighted by Gasteiger charge is 2.14. The van der Waals surface area contributed by atoms with Crippen molar-refractivity contribution in [3.05, 3.63) is 64.4 Å². The number of aromatic nitrogens is 1. The molecule has 106 valence electrons. The molecular weight excluding hydrogens is 282 g/mol. The molecule has 1 heterocycles. The fraction of sp³-hybridized carbons (Fsp3) is 0.267. The van der Waals surface area contributed by atoms with Crippen molar-refractivity contribution < 1.29 is 8.78 Å². The summed E-state index contributed by atoms with van der Waals surface area (Å²) in [6, 6.07) is 7.24. The minimum absolute atomic E-state index is 0.0939. The van der Waals surface area contributed by atoms with Crippen LogP contribution in [0.15, 0.2) is 36.5 Å². The van der Waals surface area contributed by atoms with E-state index in [-0.39, 0.29) is 17.7 Å². The highest BCUT2D eigenvalue weighted by molar-refractivity contribution is 6.31. The summed E-state index contributed by atoms with van der Waals surface area (Å²) >= 11 is 6.04. The molecule has 5 heteroatoms. The average molecular weight is 297 g/mol. The molecule has 2 aromatic rings. The van der Waals surface area contributed by atoms with Gasteiger partial charge in [-0.25, -0.2) is 8.78 Å². The van der Waals surface area contributed by atoms with Gasteiger partial charge in [0.1, 0.15) is 11.6 Å². The van der Waals surface area contributed by atoms with Crippen molar-refractivity contribution in [2.75, 3.05) is 6.54 Å². The summed E-state index contributed by atoms with van der Waals surface area (Å²) in [4.78, 5) is 4.09. The molecule has 0 bridgehead atoms. The highest BCUT2D eigenvalue weighted by atomic mass is 35.5. The van der Waals surface area contributed by atoms with Crippen LogP contribution in [0.1, 0.15) is 24.2 Å². The largest absolute Gasteiger partial charge is 0.309 e. The summed E-state index contributed by atoms with van der Waals surface area (Å²) in [6.07, 6.45) is 1.75. The molecule has 1 unspecified atom stereocenters. The molecule has 0 radical (unpaired) electrons. The molecule has 0 amide bonds. The standard InChI is InChI=1S/C15H15ClF2N2/c1-2-19-15(14-6-5-12(18)9-20-14)7-10-3-4-11(17)8-13(10)16/h3-6,8-9,15,19H,2,7H2,1H3. The molecular formula is C15H15ClF2N2. The van der Waals surface area contributed by atoms with E-state index in [4.69, 9.17) is 11.6 Å². The Morgan fingerprint density at radius 3 is 2.55 bits per heavy atom. The molecule has 1 aromatic heterocycles. The second-order valence-electron chi connectivity index (χ2n) is 4.45. The van der Waals surface area contributed by atoms with Gasteiger partial charge in [0.2, 0.25) is 0 Å². The predicted molar refractivity (Wildman–Crippen MR) is 75.7 cm³/mol. The summed E-state index contributed by atoms with van der Waals surface area (Å²) in [5.74, 6) is -0.734. The zero-order chi connectivity index (χ0) is 14.5. The maximum atomic E-state index is 13.0. The lowest BCUT2D eigenvalue weighted by Gasteiger charge is -2.18. The number of hydrogen-bond acceptors (Lipinski definition) is 2. The fourth-order valence-electron chi connectivity index (χ4n) is 2.03. The maximum absolute atomic E-state index is 13.0. The van der Waals surface area contributed by atoms with Crippen LogP contribution in [0.3, 0.4) is 0 Å². The van der Waals surface area contributed by atoms with E-state index in [9.17, 15) is 8.78 Å². The van der Waals surface area contributed by atoms with Crippen molar-refractivity contribution in [2.45, 2.75) is 19.4 Å². The second-order valence-corrected chi connectivity index (χ2v) is 4.86. The quantitative estimate of drug-likeness (QED) is 0.905. The fourth-order valence-corrected chi connectivity index (χ4v) is 2.27. The van der Waals surface area contributed by atoms with Crippen LogP contribution in [0, 0.1) is 11.6 Å². The van der Waals surface area contributed by atoms with E-state index >= 15 is 0 Å². The van der Waals surface area contributed by atoms with Crippen molar-refractivity contribution in [2.24, 2.45) is 0 Å². The number of nitrogens with zero attached hydrogens (tertiary/aromatic N) is 1. The summed E-state index contributed by atoms with van der Waals surface area (Å²) in [5.41, 5.74) is 1.55. The van der Waals surface area contributed by atoms with Crippen molar-refractivity contribution >= 4 is 11.6 Å². The van der Waals surface area contributed by atoms with Gasteiger partial charge in [-0.15, -0.1) is 0 Å². The monoisotopic (exact) mass is 296 g/mol. The number of likely N-dealkylation sites (N-methyl/N-ethyl adjacent to an activating group) is 1. The molecule has 0 saturated heterocycles. The summed E-state index contributed by atoms with van der Waals surface area (Å²) < 4.78 is 26.0. The molecule has 1 atom stereocenters. The Hall–Kier alpha value is -1.52. The van der Waals surface area contributed by atoms with Crippen LogP contribution in [-0.2, 0) is 6.42 Å². The number of halogens is 3. The SMILES string of the molecule is CCNC(Cc1ccc(F)cc1Cl)c1ccc(F)cn1.